The number of aromatic nitrogens is 1. The maximum Gasteiger partial charge on any atom is 0.323 e. The van der Waals surface area contributed by atoms with Gasteiger partial charge >= 0.3 is 6.03 Å². The number of pyridine rings is 1. The molecule has 208 valence electrons. The lowest BCUT2D eigenvalue weighted by Crippen LogP contribution is -2.54. The molecule has 0 saturated carbocycles. The zero-order valence-corrected chi connectivity index (χ0v) is 22.1. The first-order valence-corrected chi connectivity index (χ1v) is 13.0. The topological polar surface area (TPSA) is 104 Å². The van der Waals surface area contributed by atoms with Gasteiger partial charge in [0.1, 0.15) is 5.82 Å². The summed E-state index contributed by atoms with van der Waals surface area (Å²) in [6.07, 6.45) is 2.40. The van der Waals surface area contributed by atoms with Gasteiger partial charge in [0.2, 0.25) is 5.54 Å². The standard InChI is InChI=1S/C30H25F2N5O4/c1-41-24-7-4-20-15-37(27(38)25(20)26(24)32)17-30(28(39)34-29(40)35-30)10-8-18-2-6-23(33-13-18)16-36-11-9-19-3-5-22(31)12-21(19)14-36/h2-7,12-13H,9,11,14-17H2,1H3,(H2,34,35,39,40). The molecule has 1 saturated heterocycles. The Bertz CT molecular complexity index is 1650. The fraction of sp³-hybridized carbons (Fsp3) is 0.267. The van der Waals surface area contributed by atoms with Gasteiger partial charge in [0.25, 0.3) is 11.8 Å². The molecule has 4 heterocycles. The van der Waals surface area contributed by atoms with Crippen LogP contribution in [0.2, 0.25) is 0 Å². The predicted molar refractivity (Wildman–Crippen MR) is 142 cm³/mol. The van der Waals surface area contributed by atoms with Crippen molar-refractivity contribution in [1.29, 1.82) is 0 Å². The highest BCUT2D eigenvalue weighted by molar-refractivity contribution is 6.10. The van der Waals surface area contributed by atoms with Crippen molar-refractivity contribution >= 4 is 17.8 Å². The van der Waals surface area contributed by atoms with Crippen LogP contribution in [0.15, 0.2) is 48.7 Å². The number of ether oxygens (including phenoxy) is 1. The first-order valence-electron chi connectivity index (χ1n) is 13.0. The minimum Gasteiger partial charge on any atom is -0.494 e. The molecule has 1 aromatic heterocycles. The van der Waals surface area contributed by atoms with Crippen molar-refractivity contribution in [1.82, 2.24) is 25.4 Å². The Labute approximate surface area is 234 Å². The van der Waals surface area contributed by atoms with Gasteiger partial charge in [0, 0.05) is 37.9 Å². The molecule has 1 atom stereocenters. The number of halogens is 2. The second-order valence-corrected chi connectivity index (χ2v) is 10.3. The molecular formula is C30H25F2N5O4. The highest BCUT2D eigenvalue weighted by Crippen LogP contribution is 2.32. The molecule has 2 aromatic carbocycles. The summed E-state index contributed by atoms with van der Waals surface area (Å²) in [5, 5.41) is 4.72. The molecular weight excluding hydrogens is 532 g/mol. The number of fused-ring (bicyclic) bond motifs is 2. The highest BCUT2D eigenvalue weighted by atomic mass is 19.1. The molecule has 1 fully saturated rings. The Morgan fingerprint density at radius 1 is 1.05 bits per heavy atom. The van der Waals surface area contributed by atoms with E-state index >= 15 is 0 Å². The number of hydrogen-bond donors (Lipinski definition) is 2. The number of rotatable bonds is 5. The minimum atomic E-state index is -1.73. The maximum absolute atomic E-state index is 14.8. The lowest BCUT2D eigenvalue weighted by Gasteiger charge is -2.28. The van der Waals surface area contributed by atoms with Crippen LogP contribution in [0.25, 0.3) is 0 Å². The predicted octanol–water partition coefficient (Wildman–Crippen LogP) is 2.51. The van der Waals surface area contributed by atoms with Gasteiger partial charge in [-0.15, -0.1) is 0 Å². The molecule has 0 aliphatic carbocycles. The summed E-state index contributed by atoms with van der Waals surface area (Å²) >= 11 is 0. The van der Waals surface area contributed by atoms with Gasteiger partial charge in [-0.1, -0.05) is 24.0 Å². The van der Waals surface area contributed by atoms with E-state index in [1.54, 1.807) is 24.4 Å². The third-order valence-corrected chi connectivity index (χ3v) is 7.53. The van der Waals surface area contributed by atoms with Gasteiger partial charge < -0.3 is 15.0 Å². The van der Waals surface area contributed by atoms with E-state index in [0.29, 0.717) is 24.2 Å². The first kappa shape index (κ1) is 26.4. The second kappa shape index (κ2) is 10.3. The van der Waals surface area contributed by atoms with E-state index in [1.807, 2.05) is 12.1 Å². The van der Waals surface area contributed by atoms with Crippen molar-refractivity contribution in [3.8, 4) is 17.6 Å². The van der Waals surface area contributed by atoms with Crippen LogP contribution in [0.3, 0.4) is 0 Å². The van der Waals surface area contributed by atoms with Crippen LogP contribution in [0.4, 0.5) is 13.6 Å². The summed E-state index contributed by atoms with van der Waals surface area (Å²) in [6.45, 7) is 1.80. The molecule has 6 rings (SSSR count). The third kappa shape index (κ3) is 4.98. The van der Waals surface area contributed by atoms with Gasteiger partial charge in [-0.3, -0.25) is 24.8 Å². The summed E-state index contributed by atoms with van der Waals surface area (Å²) in [5.41, 5.74) is 2.02. The van der Waals surface area contributed by atoms with Crippen molar-refractivity contribution in [3.63, 3.8) is 0 Å². The quantitative estimate of drug-likeness (QED) is 0.369. The van der Waals surface area contributed by atoms with Crippen LogP contribution in [-0.2, 0) is 30.8 Å². The smallest absolute Gasteiger partial charge is 0.323 e. The molecule has 11 heteroatoms. The maximum atomic E-state index is 14.8. The Hall–Kier alpha value is -4.82. The van der Waals surface area contributed by atoms with Crippen LogP contribution >= 0.6 is 0 Å². The van der Waals surface area contributed by atoms with E-state index in [-0.39, 0.29) is 30.2 Å². The van der Waals surface area contributed by atoms with Crippen LogP contribution in [0.5, 0.6) is 5.75 Å². The largest absolute Gasteiger partial charge is 0.494 e. The molecule has 3 aliphatic rings. The summed E-state index contributed by atoms with van der Waals surface area (Å²) in [6, 6.07) is 10.8. The molecule has 0 spiro atoms. The van der Waals surface area contributed by atoms with E-state index in [1.165, 1.54) is 24.1 Å². The average Bonchev–Trinajstić information content (AvgIpc) is 3.42. The molecule has 0 bridgehead atoms. The summed E-state index contributed by atoms with van der Waals surface area (Å²) < 4.78 is 33.4. The molecule has 4 amide bonds. The number of imide groups is 1. The number of urea groups is 1. The number of nitrogens with zero attached hydrogens (tertiary/aromatic N) is 3. The van der Waals surface area contributed by atoms with Gasteiger partial charge in [-0.05, 0) is 53.4 Å². The molecule has 3 aromatic rings. The SMILES string of the molecule is COc1ccc2c(c1F)C(=O)N(CC1(C#Cc3ccc(CN4CCc5ccc(F)cc5C4)nc3)NC(=O)NC1=O)C2. The number of carbonyl (C=O) groups excluding carboxylic acids is 3. The molecule has 1 unspecified atom stereocenters. The van der Waals surface area contributed by atoms with E-state index in [4.69, 9.17) is 4.74 Å². The van der Waals surface area contributed by atoms with Crippen LogP contribution in [0, 0.1) is 23.5 Å². The number of amides is 4. The lowest BCUT2D eigenvalue weighted by molar-refractivity contribution is -0.122. The highest BCUT2D eigenvalue weighted by Gasteiger charge is 2.48. The lowest BCUT2D eigenvalue weighted by atomic mass is 9.99. The van der Waals surface area contributed by atoms with Gasteiger partial charge in [-0.25, -0.2) is 13.6 Å². The Morgan fingerprint density at radius 2 is 1.88 bits per heavy atom. The molecule has 0 radical (unpaired) electrons. The second-order valence-electron chi connectivity index (χ2n) is 10.3. The number of benzene rings is 2. The van der Waals surface area contributed by atoms with E-state index in [0.717, 1.165) is 29.8 Å². The normalized spacial score (nSPS) is 19.7. The molecule has 3 aliphatic heterocycles. The summed E-state index contributed by atoms with van der Waals surface area (Å²) in [5.74, 6) is 3.31. The number of nitrogens with one attached hydrogen (secondary N) is 2. The van der Waals surface area contributed by atoms with Crippen molar-refractivity contribution in [2.45, 2.75) is 31.6 Å². The van der Waals surface area contributed by atoms with Crippen molar-refractivity contribution in [2.24, 2.45) is 0 Å². The Balaban J connectivity index is 1.18. The fourth-order valence-corrected chi connectivity index (χ4v) is 5.42. The average molecular weight is 558 g/mol. The van der Waals surface area contributed by atoms with Gasteiger partial charge in [0.15, 0.2) is 11.6 Å². The molecule has 9 nitrogen and oxygen atoms in total. The van der Waals surface area contributed by atoms with Gasteiger partial charge in [0.05, 0.1) is 24.9 Å². The minimum absolute atomic E-state index is 0.0472. The Kier molecular flexibility index (Phi) is 6.63. The fourth-order valence-electron chi connectivity index (χ4n) is 5.42. The zero-order chi connectivity index (χ0) is 28.7. The van der Waals surface area contributed by atoms with Gasteiger partial charge in [-0.2, -0.15) is 0 Å². The van der Waals surface area contributed by atoms with E-state index < -0.39 is 29.2 Å². The number of methoxy groups -OCH3 is 1. The van der Waals surface area contributed by atoms with Crippen molar-refractivity contribution < 1.29 is 27.9 Å². The van der Waals surface area contributed by atoms with Crippen molar-refractivity contribution in [3.05, 3.63) is 93.8 Å². The number of hydrogen-bond acceptors (Lipinski definition) is 6. The van der Waals surface area contributed by atoms with Crippen LogP contribution in [0.1, 0.15) is 38.3 Å². The van der Waals surface area contributed by atoms with Crippen LogP contribution < -0.4 is 15.4 Å². The van der Waals surface area contributed by atoms with E-state index in [9.17, 15) is 23.2 Å². The molecule has 2 N–H and O–H groups in total. The first-order chi connectivity index (χ1) is 19.7. The summed E-state index contributed by atoms with van der Waals surface area (Å²) in [7, 11) is 1.31. The monoisotopic (exact) mass is 557 g/mol. The third-order valence-electron chi connectivity index (χ3n) is 7.53. The van der Waals surface area contributed by atoms with Crippen LogP contribution in [-0.4, -0.2) is 58.4 Å². The number of carbonyl (C=O) groups is 3. The van der Waals surface area contributed by atoms with Crippen molar-refractivity contribution in [2.75, 3.05) is 20.2 Å². The molecule has 41 heavy (non-hydrogen) atoms. The zero-order valence-electron chi connectivity index (χ0n) is 22.1. The van der Waals surface area contributed by atoms with E-state index in [2.05, 4.69) is 32.4 Å². The Morgan fingerprint density at radius 3 is 2.61 bits per heavy atom. The summed E-state index contributed by atoms with van der Waals surface area (Å²) in [4.78, 5) is 46.0.